The molecule has 0 saturated heterocycles. The number of hydrogen-bond donors (Lipinski definition) is 2. The van der Waals surface area contributed by atoms with Gasteiger partial charge in [-0.2, -0.15) is 3.11 Å². The summed E-state index contributed by atoms with van der Waals surface area (Å²) in [6.45, 7) is 6.66. The molecular weight excluding hydrogens is 1220 g/mol. The molecule has 3 N–H and O–H groups in total. The molecule has 202 valence electrons. The minimum atomic E-state index is -0.653. The number of alkyl halides is 6. The number of aliphatic imine (C=N–C) groups is 1. The lowest BCUT2D eigenvalue weighted by Crippen LogP contribution is -2.62. The van der Waals surface area contributed by atoms with Gasteiger partial charge in [0.2, 0.25) is 7.58 Å². The molecule has 0 fully saturated rings. The Labute approximate surface area is 303 Å². The fraction of sp³-hybridized carbons (Fsp3) is 0.909. The smallest absolute Gasteiger partial charge is 0.239 e. The first kappa shape index (κ1) is 38.2. The maximum absolute atomic E-state index is 12.8. The number of carbonyl (C=O) groups is 1. The van der Waals surface area contributed by atoms with Gasteiger partial charge in [-0.15, -0.1) is 0 Å². The molecule has 0 saturated carbocycles. The molecule has 0 rings (SSSR count). The molecule has 5 nitrogen and oxygen atoms in total. The summed E-state index contributed by atoms with van der Waals surface area (Å²) in [5, 5.41) is 3.05. The van der Waals surface area contributed by atoms with E-state index in [1.54, 1.807) is 0 Å². The molecule has 1 atom stereocenters. The third-order valence-corrected chi connectivity index (χ3v) is 22.0. The molecule has 0 aliphatic carbocycles. The number of unbranched alkanes of at least 4 members (excludes halogenated alkanes) is 13. The lowest BCUT2D eigenvalue weighted by Gasteiger charge is -2.45. The van der Waals surface area contributed by atoms with Crippen LogP contribution in [0.2, 0.25) is 0 Å². The molecule has 0 aliphatic heterocycles. The molecule has 0 aliphatic rings. The van der Waals surface area contributed by atoms with Crippen LogP contribution in [0.25, 0.3) is 0 Å². The van der Waals surface area contributed by atoms with E-state index in [0.29, 0.717) is 6.54 Å². The first-order valence-corrected chi connectivity index (χ1v) is 19.4. The van der Waals surface area contributed by atoms with Crippen molar-refractivity contribution in [2.24, 2.45) is 10.7 Å². The second-order valence-corrected chi connectivity index (χ2v) is 25.2. The van der Waals surface area contributed by atoms with Crippen LogP contribution in [-0.4, -0.2) is 33.0 Å². The average Bonchev–Trinajstić information content (AvgIpc) is 2.80. The highest BCUT2D eigenvalue weighted by molar-refractivity contribution is 14.2. The lowest BCUT2D eigenvalue weighted by atomic mass is 10.0. The van der Waals surface area contributed by atoms with E-state index in [9.17, 15) is 4.79 Å². The summed E-state index contributed by atoms with van der Waals surface area (Å²) in [4.78, 5) is 17.0. The van der Waals surface area contributed by atoms with Gasteiger partial charge >= 0.3 is 0 Å². The van der Waals surface area contributed by atoms with Crippen LogP contribution in [0.1, 0.15) is 96.8 Å². The van der Waals surface area contributed by atoms with Crippen molar-refractivity contribution >= 4 is 171 Å². The molecule has 1 unspecified atom stereocenters. The lowest BCUT2D eigenvalue weighted by molar-refractivity contribution is -0.122. The highest BCUT2D eigenvalue weighted by atomic mass is 127. The largest absolute Gasteiger partial charge is 0.355 e. The van der Waals surface area contributed by atoms with Crippen LogP contribution >= 0.6 is 158 Å². The van der Waals surface area contributed by atoms with E-state index < -0.39 is 10.7 Å². The van der Waals surface area contributed by atoms with Crippen LogP contribution in [0.4, 0.5) is 0 Å². The predicted octanol–water partition coefficient (Wildman–Crippen LogP) is 9.84. The van der Waals surface area contributed by atoms with Crippen molar-refractivity contribution in [2.75, 3.05) is 6.54 Å². The summed E-state index contributed by atoms with van der Waals surface area (Å²) in [5.74, 6) is -0.0971. The normalized spacial score (nSPS) is 13.8. The van der Waals surface area contributed by atoms with Gasteiger partial charge in [0.1, 0.15) is 7.47 Å². The van der Waals surface area contributed by atoms with Gasteiger partial charge in [-0.1, -0.05) is 136 Å². The van der Waals surface area contributed by atoms with Gasteiger partial charge in [0.15, 0.2) is 1.55 Å². The van der Waals surface area contributed by atoms with Crippen molar-refractivity contribution in [2.45, 2.75) is 108 Å². The van der Waals surface area contributed by atoms with Crippen molar-refractivity contribution in [1.29, 1.82) is 0 Å². The molecule has 0 aromatic heterocycles. The number of amides is 1. The molecular formula is C22H39I7N4O. The summed E-state index contributed by atoms with van der Waals surface area (Å²) in [6, 6.07) is -0.653. The fourth-order valence-corrected chi connectivity index (χ4v) is 9.80. The maximum Gasteiger partial charge on any atom is 0.239 e. The van der Waals surface area contributed by atoms with Gasteiger partial charge in [-0.05, 0) is 104 Å². The monoisotopic (exact) mass is 1260 g/mol. The van der Waals surface area contributed by atoms with E-state index in [-0.39, 0.29) is 5.91 Å². The Balaban J connectivity index is 4.06. The van der Waals surface area contributed by atoms with Crippen LogP contribution in [0.15, 0.2) is 4.99 Å². The topological polar surface area (TPSA) is 70.7 Å². The second kappa shape index (κ2) is 21.0. The molecule has 34 heavy (non-hydrogen) atoms. The molecule has 12 heteroatoms. The minimum Gasteiger partial charge on any atom is -0.355 e. The highest BCUT2D eigenvalue weighted by Crippen LogP contribution is 2.59. The van der Waals surface area contributed by atoms with Gasteiger partial charge in [-0.25, -0.2) is 0 Å². The zero-order chi connectivity index (χ0) is 26.3. The van der Waals surface area contributed by atoms with Gasteiger partial charge < -0.3 is 11.1 Å². The van der Waals surface area contributed by atoms with Crippen LogP contribution in [0.3, 0.4) is 0 Å². The standard InChI is InChI=1S/C22H39I7N4O/c1-3-4-5-6-7-8-9-10-11-12-13-14-15-16-17-32-19(34)18(30)20(23,24)21(25,26)33(29)22(27,28)31-2/h18H,2-17,30H2,1H3,(H,32,34). The Bertz CT molecular complexity index is 579. The Kier molecular flexibility index (Phi) is 23.5. The van der Waals surface area contributed by atoms with Crippen LogP contribution in [0, 0.1) is 0 Å². The number of nitrogens with zero attached hydrogens (tertiary/aromatic N) is 2. The third-order valence-electron chi connectivity index (χ3n) is 5.58. The molecule has 0 radical (unpaired) electrons. The second-order valence-electron chi connectivity index (χ2n) is 8.48. The Morgan fingerprint density at radius 1 is 0.853 bits per heavy atom. The molecule has 0 bridgehead atoms. The van der Waals surface area contributed by atoms with Crippen molar-refractivity contribution in [3.8, 4) is 0 Å². The number of nitrogens with two attached hydrogens (primary N) is 1. The molecule has 0 spiro atoms. The predicted molar refractivity (Wildman–Crippen MR) is 209 cm³/mol. The Morgan fingerprint density at radius 3 is 1.62 bits per heavy atom. The van der Waals surface area contributed by atoms with E-state index >= 15 is 0 Å². The first-order valence-electron chi connectivity index (χ1n) is 12.0. The van der Waals surface area contributed by atoms with Crippen LogP contribution < -0.4 is 11.1 Å². The summed E-state index contributed by atoms with van der Waals surface area (Å²) >= 11 is 16.1. The summed E-state index contributed by atoms with van der Waals surface area (Å²) < 4.78 is 0.493. The number of rotatable bonds is 21. The number of carbonyl (C=O) groups excluding carboxylic acids is 1. The zero-order valence-electron chi connectivity index (χ0n) is 19.9. The molecule has 1 amide bonds. The van der Waals surface area contributed by atoms with E-state index in [1.165, 1.54) is 77.0 Å². The van der Waals surface area contributed by atoms with Crippen molar-refractivity contribution in [3.05, 3.63) is 0 Å². The summed E-state index contributed by atoms with van der Waals surface area (Å²) in [6.07, 6.45) is 18.6. The van der Waals surface area contributed by atoms with Crippen LogP contribution in [0.5, 0.6) is 0 Å². The van der Waals surface area contributed by atoms with Gasteiger partial charge in [0, 0.05) is 29.4 Å². The summed E-state index contributed by atoms with van der Waals surface area (Å²) in [5.41, 5.74) is 6.45. The number of halogens is 7. The quantitative estimate of drug-likeness (QED) is 0.0301. The van der Waals surface area contributed by atoms with Crippen molar-refractivity contribution in [3.63, 3.8) is 0 Å². The zero-order valence-corrected chi connectivity index (χ0v) is 35.0. The van der Waals surface area contributed by atoms with Gasteiger partial charge in [0.25, 0.3) is 0 Å². The fourth-order valence-electron chi connectivity index (χ4n) is 3.35. The molecule has 0 aromatic rings. The SMILES string of the molecule is C=NC(I)(I)N(I)C(I)(I)C(I)(I)C(N)C(=O)NCCCCCCCCCCCCCCCC. The van der Waals surface area contributed by atoms with E-state index in [0.717, 1.165) is 12.8 Å². The average molecular weight is 1260 g/mol. The van der Waals surface area contributed by atoms with Crippen molar-refractivity contribution in [1.82, 2.24) is 8.43 Å². The first-order chi connectivity index (χ1) is 15.9. The number of hydrogen-bond acceptors (Lipinski definition) is 4. The van der Waals surface area contributed by atoms with Crippen LogP contribution in [-0.2, 0) is 4.79 Å². The summed E-state index contributed by atoms with van der Waals surface area (Å²) in [7, 11) is 0. The van der Waals surface area contributed by atoms with E-state index in [4.69, 9.17) is 5.73 Å². The Hall–Kier alpha value is 4.17. The molecule has 0 aromatic carbocycles. The third kappa shape index (κ3) is 14.7. The minimum absolute atomic E-state index is 0.0971. The Morgan fingerprint density at radius 2 is 1.24 bits per heavy atom. The molecule has 0 heterocycles. The number of nitrogens with one attached hydrogen (secondary N) is 1. The van der Waals surface area contributed by atoms with Gasteiger partial charge in [-0.3, -0.25) is 9.79 Å². The van der Waals surface area contributed by atoms with E-state index in [2.05, 4.69) is 185 Å². The van der Waals surface area contributed by atoms with Crippen molar-refractivity contribution < 1.29 is 4.79 Å². The van der Waals surface area contributed by atoms with Gasteiger partial charge in [0.05, 0.1) is 0 Å². The maximum atomic E-state index is 12.8. The van der Waals surface area contributed by atoms with E-state index in [1.807, 2.05) is 0 Å². The highest BCUT2D eigenvalue weighted by Gasteiger charge is 2.58.